The van der Waals surface area contributed by atoms with Crippen LogP contribution in [0.15, 0.2) is 12.4 Å². The predicted molar refractivity (Wildman–Crippen MR) is 84.6 cm³/mol. The number of nitrogens with zero attached hydrogens (tertiary/aromatic N) is 2. The average Bonchev–Trinajstić information content (AvgIpc) is 2.87. The third-order valence-corrected chi connectivity index (χ3v) is 5.60. The van der Waals surface area contributed by atoms with Crippen LogP contribution >= 0.6 is 0 Å². The molecule has 1 saturated heterocycles. The molecule has 2 fully saturated rings. The summed E-state index contributed by atoms with van der Waals surface area (Å²) in [4.78, 5) is 0. The van der Waals surface area contributed by atoms with Gasteiger partial charge in [-0.1, -0.05) is 13.3 Å². The molecule has 1 saturated carbocycles. The third-order valence-electron chi connectivity index (χ3n) is 5.60. The Morgan fingerprint density at radius 2 is 1.90 bits per heavy atom. The van der Waals surface area contributed by atoms with Gasteiger partial charge < -0.3 is 9.31 Å². The lowest BCUT2D eigenvalue weighted by atomic mass is 9.78. The van der Waals surface area contributed by atoms with E-state index in [9.17, 15) is 0 Å². The molecule has 0 spiro atoms. The molecule has 5 heteroatoms. The van der Waals surface area contributed by atoms with Gasteiger partial charge >= 0.3 is 7.12 Å². The third kappa shape index (κ3) is 2.55. The normalized spacial score (nSPS) is 25.9. The molecule has 116 valence electrons. The Morgan fingerprint density at radius 3 is 2.38 bits per heavy atom. The van der Waals surface area contributed by atoms with E-state index in [1.165, 1.54) is 19.3 Å². The first-order valence-corrected chi connectivity index (χ1v) is 8.24. The summed E-state index contributed by atoms with van der Waals surface area (Å²) in [6, 6.07) is 0.523. The molecule has 1 unspecified atom stereocenters. The van der Waals surface area contributed by atoms with Gasteiger partial charge in [0.1, 0.15) is 0 Å². The zero-order valence-electron chi connectivity index (χ0n) is 13.9. The summed E-state index contributed by atoms with van der Waals surface area (Å²) < 4.78 is 14.3. The first-order valence-electron chi connectivity index (χ1n) is 8.24. The Bertz CT molecular complexity index is 492. The minimum absolute atomic E-state index is 0.294. The second kappa shape index (κ2) is 5.13. The summed E-state index contributed by atoms with van der Waals surface area (Å²) in [6.45, 7) is 10.6. The molecule has 1 atom stereocenters. The predicted octanol–water partition coefficient (Wildman–Crippen LogP) is 2.93. The molecule has 3 rings (SSSR count). The Morgan fingerprint density at radius 1 is 1.29 bits per heavy atom. The fourth-order valence-electron chi connectivity index (χ4n) is 3.20. The number of hydrogen-bond donors (Lipinski definition) is 0. The Labute approximate surface area is 128 Å². The van der Waals surface area contributed by atoms with E-state index in [-0.39, 0.29) is 18.3 Å². The van der Waals surface area contributed by atoms with E-state index in [1.54, 1.807) is 0 Å². The molecule has 1 aromatic rings. The number of rotatable bonds is 4. The van der Waals surface area contributed by atoms with Crippen molar-refractivity contribution in [2.45, 2.75) is 77.5 Å². The maximum atomic E-state index is 6.10. The largest absolute Gasteiger partial charge is 0.498 e. The molecule has 0 amide bonds. The van der Waals surface area contributed by atoms with Gasteiger partial charge in [0, 0.05) is 17.9 Å². The fourth-order valence-corrected chi connectivity index (χ4v) is 3.20. The summed E-state index contributed by atoms with van der Waals surface area (Å²) in [7, 11) is -0.303. The van der Waals surface area contributed by atoms with E-state index < -0.39 is 0 Å². The van der Waals surface area contributed by atoms with Gasteiger partial charge in [-0.2, -0.15) is 5.10 Å². The molecule has 1 aliphatic heterocycles. The van der Waals surface area contributed by atoms with Crippen molar-refractivity contribution in [3.8, 4) is 0 Å². The smallest absolute Gasteiger partial charge is 0.399 e. The van der Waals surface area contributed by atoms with Crippen molar-refractivity contribution in [1.82, 2.24) is 9.78 Å². The molecule has 0 aromatic carbocycles. The van der Waals surface area contributed by atoms with Gasteiger partial charge in [-0.05, 0) is 52.9 Å². The first kappa shape index (κ1) is 15.1. The molecular weight excluding hydrogens is 263 g/mol. The summed E-state index contributed by atoms with van der Waals surface area (Å²) in [6.07, 6.45) is 9.20. The highest BCUT2D eigenvalue weighted by Gasteiger charge is 2.52. The first-order chi connectivity index (χ1) is 9.84. The lowest BCUT2D eigenvalue weighted by Crippen LogP contribution is -2.41. The minimum atomic E-state index is -0.303. The standard InChI is InChI=1S/C16H27BN2O2/c1-6-14(12-8-7-9-12)19-11-13(10-18-19)17-20-15(2,3)16(4,5)21-17/h10-12,14H,6-9H2,1-5H3. The fraction of sp³-hybridized carbons (Fsp3) is 0.812. The van der Waals surface area contributed by atoms with Gasteiger partial charge in [0.2, 0.25) is 0 Å². The summed E-state index contributed by atoms with van der Waals surface area (Å²) in [5.74, 6) is 0.793. The van der Waals surface area contributed by atoms with Crippen LogP contribution in [0.4, 0.5) is 0 Å². The lowest BCUT2D eigenvalue weighted by molar-refractivity contribution is 0.00578. The van der Waals surface area contributed by atoms with Crippen molar-refractivity contribution in [1.29, 1.82) is 0 Å². The number of aromatic nitrogens is 2. The van der Waals surface area contributed by atoms with Crippen LogP contribution in [0.25, 0.3) is 0 Å². The van der Waals surface area contributed by atoms with Crippen LogP contribution in [-0.2, 0) is 9.31 Å². The topological polar surface area (TPSA) is 36.3 Å². The summed E-state index contributed by atoms with van der Waals surface area (Å²) >= 11 is 0. The Kier molecular flexibility index (Phi) is 3.69. The van der Waals surface area contributed by atoms with Gasteiger partial charge in [0.15, 0.2) is 0 Å². The zero-order chi connectivity index (χ0) is 15.3. The van der Waals surface area contributed by atoms with Crippen LogP contribution in [0.1, 0.15) is 66.3 Å². The van der Waals surface area contributed by atoms with E-state index in [0.29, 0.717) is 6.04 Å². The van der Waals surface area contributed by atoms with E-state index in [2.05, 4.69) is 50.6 Å². The van der Waals surface area contributed by atoms with Gasteiger partial charge in [0.05, 0.1) is 17.2 Å². The maximum Gasteiger partial charge on any atom is 0.498 e. The summed E-state index contributed by atoms with van der Waals surface area (Å²) in [5, 5.41) is 4.59. The van der Waals surface area contributed by atoms with Crippen molar-refractivity contribution in [2.24, 2.45) is 5.92 Å². The Balaban J connectivity index is 1.76. The molecule has 0 radical (unpaired) electrons. The van der Waals surface area contributed by atoms with E-state index in [0.717, 1.165) is 17.8 Å². The van der Waals surface area contributed by atoms with Gasteiger partial charge in [-0.15, -0.1) is 0 Å². The van der Waals surface area contributed by atoms with Crippen LogP contribution in [-0.4, -0.2) is 28.1 Å². The van der Waals surface area contributed by atoms with Crippen molar-refractivity contribution in [2.75, 3.05) is 0 Å². The van der Waals surface area contributed by atoms with Gasteiger partial charge in [-0.3, -0.25) is 4.68 Å². The van der Waals surface area contributed by atoms with Gasteiger partial charge in [0.25, 0.3) is 0 Å². The molecule has 21 heavy (non-hydrogen) atoms. The lowest BCUT2D eigenvalue weighted by Gasteiger charge is -2.33. The van der Waals surface area contributed by atoms with Crippen LogP contribution < -0.4 is 5.46 Å². The van der Waals surface area contributed by atoms with Gasteiger partial charge in [-0.25, -0.2) is 0 Å². The van der Waals surface area contributed by atoms with Crippen LogP contribution in [0.5, 0.6) is 0 Å². The second-order valence-electron chi connectivity index (χ2n) is 7.51. The highest BCUT2D eigenvalue weighted by molar-refractivity contribution is 6.61. The SMILES string of the molecule is CCC(C1CCC1)n1cc(B2OC(C)(C)C(C)(C)O2)cn1. The van der Waals surface area contributed by atoms with E-state index in [4.69, 9.17) is 9.31 Å². The van der Waals surface area contributed by atoms with Crippen LogP contribution in [0, 0.1) is 5.92 Å². The molecule has 2 heterocycles. The molecule has 1 aromatic heterocycles. The number of hydrogen-bond acceptors (Lipinski definition) is 3. The van der Waals surface area contributed by atoms with Crippen molar-refractivity contribution in [3.05, 3.63) is 12.4 Å². The van der Waals surface area contributed by atoms with E-state index in [1.807, 2.05) is 6.20 Å². The second-order valence-corrected chi connectivity index (χ2v) is 7.51. The quantitative estimate of drug-likeness (QED) is 0.800. The minimum Gasteiger partial charge on any atom is -0.399 e. The maximum absolute atomic E-state index is 6.10. The highest BCUT2D eigenvalue weighted by atomic mass is 16.7. The molecular formula is C16H27BN2O2. The molecule has 1 aliphatic carbocycles. The molecule has 0 N–H and O–H groups in total. The zero-order valence-corrected chi connectivity index (χ0v) is 13.9. The Hall–Kier alpha value is -0.805. The molecule has 0 bridgehead atoms. The van der Waals surface area contributed by atoms with E-state index >= 15 is 0 Å². The summed E-state index contributed by atoms with van der Waals surface area (Å²) in [5.41, 5.74) is 0.446. The highest BCUT2D eigenvalue weighted by Crippen LogP contribution is 2.38. The average molecular weight is 290 g/mol. The van der Waals surface area contributed by atoms with Crippen molar-refractivity contribution in [3.63, 3.8) is 0 Å². The van der Waals surface area contributed by atoms with Crippen LogP contribution in [0.2, 0.25) is 0 Å². The molecule has 4 nitrogen and oxygen atoms in total. The monoisotopic (exact) mass is 290 g/mol. The van der Waals surface area contributed by atoms with Crippen molar-refractivity contribution >= 4 is 12.6 Å². The van der Waals surface area contributed by atoms with Crippen molar-refractivity contribution < 1.29 is 9.31 Å². The van der Waals surface area contributed by atoms with Crippen LogP contribution in [0.3, 0.4) is 0 Å². The molecule has 2 aliphatic rings.